The zero-order valence-corrected chi connectivity index (χ0v) is 13.9. The number of halogens is 1. The number of rotatable bonds is 3. The number of piperidine rings is 1. The summed E-state index contributed by atoms with van der Waals surface area (Å²) in [5.41, 5.74) is 6.32. The van der Waals surface area contributed by atoms with Crippen molar-refractivity contribution in [2.24, 2.45) is 5.73 Å². The fourth-order valence-corrected chi connectivity index (χ4v) is 4.78. The molecule has 1 aromatic carbocycles. The summed E-state index contributed by atoms with van der Waals surface area (Å²) in [4.78, 5) is 11.1. The Balaban J connectivity index is 2.47. The SMILES string of the molecule is Cc1cc(C(=O)O)cc(S(=O)(=O)N2CCC(N)CC2)c1Br. The van der Waals surface area contributed by atoms with E-state index in [0.717, 1.165) is 0 Å². The Morgan fingerprint density at radius 3 is 2.48 bits per heavy atom. The Morgan fingerprint density at radius 2 is 1.95 bits per heavy atom. The van der Waals surface area contributed by atoms with Gasteiger partial charge in [0.2, 0.25) is 10.0 Å². The first-order valence-electron chi connectivity index (χ1n) is 6.52. The van der Waals surface area contributed by atoms with Crippen LogP contribution in [0.3, 0.4) is 0 Å². The van der Waals surface area contributed by atoms with E-state index in [-0.39, 0.29) is 16.5 Å². The predicted octanol–water partition coefficient (Wildman–Crippen LogP) is 1.57. The van der Waals surface area contributed by atoms with E-state index in [0.29, 0.717) is 36.0 Å². The molecular formula is C13H17BrN2O4S. The summed E-state index contributed by atoms with van der Waals surface area (Å²) >= 11 is 3.25. The summed E-state index contributed by atoms with van der Waals surface area (Å²) in [6.45, 7) is 2.38. The molecule has 6 nitrogen and oxygen atoms in total. The highest BCUT2D eigenvalue weighted by atomic mass is 79.9. The number of benzene rings is 1. The first-order valence-corrected chi connectivity index (χ1v) is 8.76. The second kappa shape index (κ2) is 6.04. The van der Waals surface area contributed by atoms with Gasteiger partial charge in [-0.25, -0.2) is 13.2 Å². The van der Waals surface area contributed by atoms with Gasteiger partial charge in [0, 0.05) is 23.6 Å². The topological polar surface area (TPSA) is 101 Å². The van der Waals surface area contributed by atoms with Crippen molar-refractivity contribution in [3.8, 4) is 0 Å². The van der Waals surface area contributed by atoms with Crippen LogP contribution in [0.4, 0.5) is 0 Å². The molecule has 1 aliphatic rings. The number of nitrogens with zero attached hydrogens (tertiary/aromatic N) is 1. The molecule has 3 N–H and O–H groups in total. The summed E-state index contributed by atoms with van der Waals surface area (Å²) in [7, 11) is -3.73. The third kappa shape index (κ3) is 3.28. The molecule has 116 valence electrons. The predicted molar refractivity (Wildman–Crippen MR) is 81.8 cm³/mol. The molecule has 1 heterocycles. The molecule has 0 aliphatic carbocycles. The van der Waals surface area contributed by atoms with Crippen molar-refractivity contribution in [2.75, 3.05) is 13.1 Å². The van der Waals surface area contributed by atoms with Crippen LogP contribution < -0.4 is 5.73 Å². The highest BCUT2D eigenvalue weighted by Crippen LogP contribution is 2.30. The molecule has 1 aliphatic heterocycles. The largest absolute Gasteiger partial charge is 0.478 e. The van der Waals surface area contributed by atoms with Crippen molar-refractivity contribution in [1.82, 2.24) is 4.31 Å². The Morgan fingerprint density at radius 1 is 1.38 bits per heavy atom. The summed E-state index contributed by atoms with van der Waals surface area (Å²) in [6.07, 6.45) is 1.21. The van der Waals surface area contributed by atoms with E-state index in [1.807, 2.05) is 0 Å². The molecule has 21 heavy (non-hydrogen) atoms. The van der Waals surface area contributed by atoms with Gasteiger partial charge in [-0.2, -0.15) is 4.31 Å². The van der Waals surface area contributed by atoms with E-state index >= 15 is 0 Å². The van der Waals surface area contributed by atoms with Crippen molar-refractivity contribution < 1.29 is 18.3 Å². The quantitative estimate of drug-likeness (QED) is 0.833. The van der Waals surface area contributed by atoms with Gasteiger partial charge in [0.1, 0.15) is 0 Å². The number of carboxylic acids is 1. The van der Waals surface area contributed by atoms with Gasteiger partial charge in [-0.15, -0.1) is 0 Å². The Hall–Kier alpha value is -0.960. The summed E-state index contributed by atoms with van der Waals surface area (Å²) in [5.74, 6) is -1.15. The lowest BCUT2D eigenvalue weighted by atomic mass is 10.1. The summed E-state index contributed by atoms with van der Waals surface area (Å²) < 4.78 is 27.2. The van der Waals surface area contributed by atoms with E-state index in [9.17, 15) is 13.2 Å². The number of aromatic carboxylic acids is 1. The molecule has 2 rings (SSSR count). The standard InChI is InChI=1S/C13H17BrN2O4S/c1-8-6-9(13(17)18)7-11(12(8)14)21(19,20)16-4-2-10(15)3-5-16/h6-7,10H,2-5,15H2,1H3,(H,17,18). The van der Waals surface area contributed by atoms with Gasteiger partial charge in [-0.3, -0.25) is 0 Å². The van der Waals surface area contributed by atoms with Crippen LogP contribution in [0.25, 0.3) is 0 Å². The molecule has 1 saturated heterocycles. The Bertz CT molecular complexity index is 667. The van der Waals surface area contributed by atoms with E-state index < -0.39 is 16.0 Å². The molecule has 1 fully saturated rings. The molecule has 8 heteroatoms. The maximum absolute atomic E-state index is 12.7. The molecule has 0 atom stereocenters. The average Bonchev–Trinajstić information content (AvgIpc) is 2.41. The molecule has 0 bridgehead atoms. The number of hydrogen-bond donors (Lipinski definition) is 2. The van der Waals surface area contributed by atoms with E-state index in [1.54, 1.807) is 6.92 Å². The molecule has 0 amide bonds. The van der Waals surface area contributed by atoms with Crippen molar-refractivity contribution in [2.45, 2.75) is 30.7 Å². The second-order valence-corrected chi connectivity index (χ2v) is 7.85. The van der Waals surface area contributed by atoms with Crippen molar-refractivity contribution in [1.29, 1.82) is 0 Å². The van der Waals surface area contributed by atoms with E-state index in [1.165, 1.54) is 16.4 Å². The van der Waals surface area contributed by atoms with Gasteiger partial charge in [0.15, 0.2) is 0 Å². The lowest BCUT2D eigenvalue weighted by Gasteiger charge is -2.29. The monoisotopic (exact) mass is 376 g/mol. The van der Waals surface area contributed by atoms with Gasteiger partial charge >= 0.3 is 5.97 Å². The Labute approximate surface area is 132 Å². The third-order valence-electron chi connectivity index (χ3n) is 3.58. The van der Waals surface area contributed by atoms with Crippen LogP contribution in [0, 0.1) is 6.92 Å². The normalized spacial score (nSPS) is 17.9. The first kappa shape index (κ1) is 16.4. The minimum atomic E-state index is -3.73. The van der Waals surface area contributed by atoms with Gasteiger partial charge in [-0.05, 0) is 53.4 Å². The van der Waals surface area contributed by atoms with E-state index in [2.05, 4.69) is 15.9 Å². The zero-order chi connectivity index (χ0) is 15.8. The molecule has 1 aromatic rings. The first-order chi connectivity index (χ1) is 9.73. The Kier molecular flexibility index (Phi) is 4.72. The smallest absolute Gasteiger partial charge is 0.335 e. The van der Waals surface area contributed by atoms with Crippen LogP contribution in [0.1, 0.15) is 28.8 Å². The molecular weight excluding hydrogens is 360 g/mol. The highest BCUT2D eigenvalue weighted by Gasteiger charge is 2.31. The van der Waals surface area contributed by atoms with Gasteiger partial charge in [0.05, 0.1) is 10.5 Å². The maximum atomic E-state index is 12.7. The third-order valence-corrected chi connectivity index (χ3v) is 6.82. The lowest BCUT2D eigenvalue weighted by molar-refractivity contribution is 0.0696. The number of carbonyl (C=O) groups is 1. The minimum absolute atomic E-state index is 0.00429. The fraction of sp³-hybridized carbons (Fsp3) is 0.462. The number of sulfonamides is 1. The fourth-order valence-electron chi connectivity index (χ4n) is 2.30. The van der Waals surface area contributed by atoms with Crippen LogP contribution in [0.2, 0.25) is 0 Å². The van der Waals surface area contributed by atoms with Gasteiger partial charge < -0.3 is 10.8 Å². The maximum Gasteiger partial charge on any atom is 0.335 e. The molecule has 0 radical (unpaired) electrons. The summed E-state index contributed by atoms with van der Waals surface area (Å²) in [6, 6.07) is 2.66. The van der Waals surface area contributed by atoms with Crippen LogP contribution >= 0.6 is 15.9 Å². The van der Waals surface area contributed by atoms with Crippen LogP contribution in [0.5, 0.6) is 0 Å². The van der Waals surface area contributed by atoms with Gasteiger partial charge in [-0.1, -0.05) is 0 Å². The second-order valence-electron chi connectivity index (χ2n) is 5.15. The number of aryl methyl sites for hydroxylation is 1. The average molecular weight is 377 g/mol. The van der Waals surface area contributed by atoms with Crippen LogP contribution in [-0.4, -0.2) is 42.9 Å². The zero-order valence-electron chi connectivity index (χ0n) is 11.5. The van der Waals surface area contributed by atoms with Crippen LogP contribution in [-0.2, 0) is 10.0 Å². The van der Waals surface area contributed by atoms with Crippen molar-refractivity contribution >= 4 is 31.9 Å². The lowest BCUT2D eigenvalue weighted by Crippen LogP contribution is -2.42. The highest BCUT2D eigenvalue weighted by molar-refractivity contribution is 9.10. The van der Waals surface area contributed by atoms with Crippen molar-refractivity contribution in [3.05, 3.63) is 27.7 Å². The molecule has 0 saturated carbocycles. The molecule has 0 aromatic heterocycles. The molecule has 0 spiro atoms. The van der Waals surface area contributed by atoms with Crippen molar-refractivity contribution in [3.63, 3.8) is 0 Å². The molecule has 0 unspecified atom stereocenters. The summed E-state index contributed by atoms with van der Waals surface area (Å²) in [5, 5.41) is 9.10. The minimum Gasteiger partial charge on any atom is -0.478 e. The van der Waals surface area contributed by atoms with Crippen LogP contribution in [0.15, 0.2) is 21.5 Å². The number of hydrogen-bond acceptors (Lipinski definition) is 4. The number of nitrogens with two attached hydrogens (primary N) is 1. The van der Waals surface area contributed by atoms with E-state index in [4.69, 9.17) is 10.8 Å². The number of carboxylic acid groups (broad SMARTS) is 1. The van der Waals surface area contributed by atoms with Gasteiger partial charge in [0.25, 0.3) is 0 Å².